The summed E-state index contributed by atoms with van der Waals surface area (Å²) in [6.45, 7) is 1.76. The molecule has 6 heteroatoms. The number of anilines is 2. The fourth-order valence-corrected chi connectivity index (χ4v) is 2.96. The predicted molar refractivity (Wildman–Crippen MR) is 77.6 cm³/mol. The fraction of sp³-hybridized carbons (Fsp3) is 0.0714. The molecule has 0 atom stereocenters. The number of benzene rings is 2. The Morgan fingerprint density at radius 1 is 1.20 bits per heavy atom. The molecule has 0 aliphatic carbocycles. The van der Waals surface area contributed by atoms with Crippen LogP contribution in [0, 0.1) is 18.3 Å². The van der Waals surface area contributed by atoms with Crippen molar-refractivity contribution in [3.8, 4) is 6.07 Å². The highest BCUT2D eigenvalue weighted by Crippen LogP contribution is 2.25. The summed E-state index contributed by atoms with van der Waals surface area (Å²) >= 11 is 0. The topological polar surface area (TPSA) is 96.0 Å². The van der Waals surface area contributed by atoms with E-state index < -0.39 is 10.0 Å². The summed E-state index contributed by atoms with van der Waals surface area (Å²) in [5.41, 5.74) is 7.50. The third-order valence-corrected chi connectivity index (χ3v) is 4.16. The maximum absolute atomic E-state index is 12.3. The Morgan fingerprint density at radius 2 is 1.90 bits per heavy atom. The molecule has 20 heavy (non-hydrogen) atoms. The normalized spacial score (nSPS) is 10.8. The van der Waals surface area contributed by atoms with Gasteiger partial charge in [0.1, 0.15) is 0 Å². The monoisotopic (exact) mass is 287 g/mol. The average Bonchev–Trinajstić information content (AvgIpc) is 2.43. The second-order valence-electron chi connectivity index (χ2n) is 4.28. The van der Waals surface area contributed by atoms with Crippen LogP contribution in [0.1, 0.15) is 11.1 Å². The second-order valence-corrected chi connectivity index (χ2v) is 5.97. The highest BCUT2D eigenvalue weighted by molar-refractivity contribution is 7.92. The first-order valence-electron chi connectivity index (χ1n) is 5.82. The molecule has 2 rings (SSSR count). The molecule has 0 aromatic heterocycles. The van der Waals surface area contributed by atoms with Gasteiger partial charge in [-0.25, -0.2) is 8.42 Å². The number of aryl methyl sites for hydroxylation is 1. The lowest BCUT2D eigenvalue weighted by molar-refractivity contribution is 0.601. The van der Waals surface area contributed by atoms with Crippen molar-refractivity contribution in [2.45, 2.75) is 11.8 Å². The van der Waals surface area contributed by atoms with Gasteiger partial charge in [0.05, 0.1) is 27.9 Å². The van der Waals surface area contributed by atoms with Gasteiger partial charge < -0.3 is 5.73 Å². The lowest BCUT2D eigenvalue weighted by atomic mass is 10.2. The van der Waals surface area contributed by atoms with Crippen molar-refractivity contribution in [3.63, 3.8) is 0 Å². The van der Waals surface area contributed by atoms with Gasteiger partial charge in [-0.1, -0.05) is 18.2 Å². The lowest BCUT2D eigenvalue weighted by Crippen LogP contribution is -2.15. The first kappa shape index (κ1) is 13.9. The first-order valence-corrected chi connectivity index (χ1v) is 7.30. The highest BCUT2D eigenvalue weighted by Gasteiger charge is 2.17. The van der Waals surface area contributed by atoms with Crippen LogP contribution in [0.4, 0.5) is 11.4 Å². The molecule has 0 saturated carbocycles. The molecule has 0 radical (unpaired) electrons. The van der Waals surface area contributed by atoms with Gasteiger partial charge in [0.2, 0.25) is 0 Å². The number of nitrogens with one attached hydrogen (secondary N) is 1. The summed E-state index contributed by atoms with van der Waals surface area (Å²) in [7, 11) is -3.77. The van der Waals surface area contributed by atoms with Crippen molar-refractivity contribution in [2.24, 2.45) is 0 Å². The van der Waals surface area contributed by atoms with Crippen LogP contribution in [0.25, 0.3) is 0 Å². The van der Waals surface area contributed by atoms with Crippen LogP contribution in [-0.2, 0) is 10.0 Å². The Bertz CT molecular complexity index is 772. The molecule has 0 bridgehead atoms. The maximum Gasteiger partial charge on any atom is 0.262 e. The number of nitriles is 1. The van der Waals surface area contributed by atoms with Gasteiger partial charge in [-0.05, 0) is 36.8 Å². The van der Waals surface area contributed by atoms with Gasteiger partial charge in [-0.2, -0.15) is 5.26 Å². The van der Waals surface area contributed by atoms with E-state index in [0.717, 1.165) is 5.56 Å². The van der Waals surface area contributed by atoms with Crippen LogP contribution in [0.15, 0.2) is 47.4 Å². The summed E-state index contributed by atoms with van der Waals surface area (Å²) < 4.78 is 27.1. The van der Waals surface area contributed by atoms with Crippen LogP contribution >= 0.6 is 0 Å². The zero-order chi connectivity index (χ0) is 14.8. The Kier molecular flexibility index (Phi) is 3.63. The second kappa shape index (κ2) is 5.23. The van der Waals surface area contributed by atoms with Gasteiger partial charge in [0.25, 0.3) is 10.0 Å². The minimum atomic E-state index is -3.77. The molecule has 5 nitrogen and oxygen atoms in total. The molecule has 0 amide bonds. The summed E-state index contributed by atoms with van der Waals surface area (Å²) in [6, 6.07) is 12.9. The number of hydrogen-bond acceptors (Lipinski definition) is 4. The summed E-state index contributed by atoms with van der Waals surface area (Å²) in [5.74, 6) is 0. The lowest BCUT2D eigenvalue weighted by Gasteiger charge is -2.12. The van der Waals surface area contributed by atoms with E-state index in [2.05, 4.69) is 4.72 Å². The Balaban J connectivity index is 2.44. The molecule has 0 heterocycles. The van der Waals surface area contributed by atoms with E-state index in [0.29, 0.717) is 11.4 Å². The van der Waals surface area contributed by atoms with Crippen molar-refractivity contribution in [3.05, 3.63) is 53.6 Å². The Hall–Kier alpha value is -2.52. The van der Waals surface area contributed by atoms with Crippen molar-refractivity contribution < 1.29 is 8.42 Å². The van der Waals surface area contributed by atoms with Gasteiger partial charge in [0.15, 0.2) is 0 Å². The molecule has 0 spiro atoms. The zero-order valence-corrected chi connectivity index (χ0v) is 11.6. The van der Waals surface area contributed by atoms with Crippen molar-refractivity contribution in [1.29, 1.82) is 5.26 Å². The molecule has 2 aromatic rings. The third-order valence-electron chi connectivity index (χ3n) is 2.81. The summed E-state index contributed by atoms with van der Waals surface area (Å²) in [5, 5.41) is 8.82. The smallest absolute Gasteiger partial charge is 0.262 e. The molecular formula is C14H13N3O2S. The number of sulfonamides is 1. The molecule has 2 aromatic carbocycles. The van der Waals surface area contributed by atoms with E-state index in [1.807, 2.05) is 6.07 Å². The van der Waals surface area contributed by atoms with Gasteiger partial charge in [-0.3, -0.25) is 4.72 Å². The van der Waals surface area contributed by atoms with Crippen LogP contribution < -0.4 is 10.5 Å². The molecule has 0 aliphatic rings. The largest absolute Gasteiger partial charge is 0.397 e. The summed E-state index contributed by atoms with van der Waals surface area (Å²) in [4.78, 5) is 0.0270. The Labute approximate surface area is 117 Å². The minimum Gasteiger partial charge on any atom is -0.397 e. The predicted octanol–water partition coefficient (Wildman–Crippen LogP) is 2.25. The highest BCUT2D eigenvalue weighted by atomic mass is 32.2. The molecule has 3 N–H and O–H groups in total. The van der Waals surface area contributed by atoms with Crippen LogP contribution in [0.3, 0.4) is 0 Å². The van der Waals surface area contributed by atoms with Crippen LogP contribution in [0.5, 0.6) is 0 Å². The van der Waals surface area contributed by atoms with E-state index in [1.54, 1.807) is 31.2 Å². The molecule has 0 unspecified atom stereocenters. The number of rotatable bonds is 3. The summed E-state index contributed by atoms with van der Waals surface area (Å²) in [6.07, 6.45) is 0. The van der Waals surface area contributed by atoms with Crippen molar-refractivity contribution in [2.75, 3.05) is 10.5 Å². The SMILES string of the molecule is Cc1cccc(N)c1NS(=O)(=O)c1cccc(C#N)c1. The number of nitrogens with two attached hydrogens (primary N) is 1. The van der Waals surface area contributed by atoms with E-state index in [-0.39, 0.29) is 10.5 Å². The number of hydrogen-bond donors (Lipinski definition) is 2. The van der Waals surface area contributed by atoms with E-state index in [1.165, 1.54) is 18.2 Å². The quantitative estimate of drug-likeness (QED) is 0.846. The fourth-order valence-electron chi connectivity index (χ4n) is 1.76. The average molecular weight is 287 g/mol. The van der Waals surface area contributed by atoms with Crippen molar-refractivity contribution >= 4 is 21.4 Å². The molecule has 102 valence electrons. The third kappa shape index (κ3) is 2.73. The standard InChI is InChI=1S/C14H13N3O2S/c1-10-4-2-7-13(16)14(10)17-20(18,19)12-6-3-5-11(8-12)9-15/h2-8,17H,16H2,1H3. The maximum atomic E-state index is 12.3. The molecular weight excluding hydrogens is 274 g/mol. The van der Waals surface area contributed by atoms with Gasteiger partial charge in [0, 0.05) is 0 Å². The minimum absolute atomic E-state index is 0.0270. The molecule has 0 aliphatic heterocycles. The molecule has 0 fully saturated rings. The van der Waals surface area contributed by atoms with Crippen molar-refractivity contribution in [1.82, 2.24) is 0 Å². The number of nitrogen functional groups attached to an aromatic ring is 1. The van der Waals surface area contributed by atoms with Crippen LogP contribution in [-0.4, -0.2) is 8.42 Å². The first-order chi connectivity index (χ1) is 9.44. The van der Waals surface area contributed by atoms with E-state index >= 15 is 0 Å². The van der Waals surface area contributed by atoms with Gasteiger partial charge >= 0.3 is 0 Å². The number of nitrogens with zero attached hydrogens (tertiary/aromatic N) is 1. The number of para-hydroxylation sites is 1. The van der Waals surface area contributed by atoms with Gasteiger partial charge in [-0.15, -0.1) is 0 Å². The Morgan fingerprint density at radius 3 is 2.55 bits per heavy atom. The van der Waals surface area contributed by atoms with E-state index in [4.69, 9.17) is 11.0 Å². The molecule has 0 saturated heterocycles. The van der Waals surface area contributed by atoms with E-state index in [9.17, 15) is 8.42 Å². The zero-order valence-electron chi connectivity index (χ0n) is 10.8. The van der Waals surface area contributed by atoms with Crippen LogP contribution in [0.2, 0.25) is 0 Å².